The third kappa shape index (κ3) is 5.89. The summed E-state index contributed by atoms with van der Waals surface area (Å²) in [5.74, 6) is -0.453. The fraction of sp³-hybridized carbons (Fsp3) is 0.440. The number of hydrogen-bond donors (Lipinski definition) is 0. The Balaban J connectivity index is 1.68. The molecule has 0 atom stereocenters. The van der Waals surface area contributed by atoms with Crippen LogP contribution in [0, 0.1) is 11.6 Å². The minimum absolute atomic E-state index is 0.211. The molecule has 0 spiro atoms. The van der Waals surface area contributed by atoms with Crippen molar-refractivity contribution in [3.05, 3.63) is 71.3 Å². The van der Waals surface area contributed by atoms with Crippen molar-refractivity contribution >= 4 is 11.3 Å². The Morgan fingerprint density at radius 3 is 2.41 bits per heavy atom. The molecule has 156 valence electrons. The number of fused-ring (bicyclic) bond motifs is 1. The lowest BCUT2D eigenvalue weighted by Crippen LogP contribution is -2.25. The van der Waals surface area contributed by atoms with Crippen molar-refractivity contribution in [2.45, 2.75) is 39.0 Å². The van der Waals surface area contributed by atoms with Crippen LogP contribution >= 0.6 is 0 Å². The molecule has 1 heterocycles. The lowest BCUT2D eigenvalue weighted by molar-refractivity contribution is 0.341. The van der Waals surface area contributed by atoms with E-state index in [4.69, 9.17) is 0 Å². The maximum Gasteiger partial charge on any atom is 0.125 e. The first-order valence-corrected chi connectivity index (χ1v) is 10.8. The highest BCUT2D eigenvalue weighted by Gasteiger charge is 2.19. The highest BCUT2D eigenvalue weighted by atomic mass is 19.1. The molecule has 2 aromatic rings. The molecule has 3 rings (SSSR count). The number of rotatable bonds is 9. The molecule has 0 fully saturated rings. The normalized spacial score (nSPS) is 14.0. The SMILES string of the molecule is CCN(C)CCCCCCN1CCC=C(c2ccc(F)cc2)c2ccc(F)cc21. The van der Waals surface area contributed by atoms with Crippen molar-refractivity contribution in [2.24, 2.45) is 0 Å². The third-order valence-corrected chi connectivity index (χ3v) is 5.75. The van der Waals surface area contributed by atoms with Gasteiger partial charge in [-0.3, -0.25) is 0 Å². The molecule has 2 aromatic carbocycles. The summed E-state index contributed by atoms with van der Waals surface area (Å²) in [5.41, 5.74) is 4.01. The van der Waals surface area contributed by atoms with Gasteiger partial charge in [0.1, 0.15) is 11.6 Å². The Bertz CT molecular complexity index is 814. The maximum atomic E-state index is 14.1. The second-order valence-corrected chi connectivity index (χ2v) is 7.87. The summed E-state index contributed by atoms with van der Waals surface area (Å²) < 4.78 is 27.4. The van der Waals surface area contributed by atoms with Crippen LogP contribution in [0.25, 0.3) is 5.57 Å². The standard InChI is InChI=1S/C25H32F2N2/c1-3-28(2)16-6-4-5-7-17-29-18-8-9-23(20-10-12-21(26)13-11-20)24-15-14-22(27)19-25(24)29/h9-15,19H,3-8,16-18H2,1-2H3. The Morgan fingerprint density at radius 1 is 0.931 bits per heavy atom. The van der Waals surface area contributed by atoms with Crippen LogP contribution in [0.1, 0.15) is 50.2 Å². The van der Waals surface area contributed by atoms with Gasteiger partial charge in [0.2, 0.25) is 0 Å². The van der Waals surface area contributed by atoms with Crippen LogP contribution in [-0.4, -0.2) is 38.1 Å². The van der Waals surface area contributed by atoms with E-state index in [1.165, 1.54) is 37.5 Å². The van der Waals surface area contributed by atoms with E-state index in [0.717, 1.165) is 61.4 Å². The molecule has 2 nitrogen and oxygen atoms in total. The number of halogens is 2. The molecule has 0 saturated carbocycles. The van der Waals surface area contributed by atoms with Crippen molar-refractivity contribution in [3.8, 4) is 0 Å². The predicted octanol–water partition coefficient (Wildman–Crippen LogP) is 6.12. The number of unbranched alkanes of at least 4 members (excludes halogenated alkanes) is 3. The van der Waals surface area contributed by atoms with Crippen LogP contribution in [0.5, 0.6) is 0 Å². The molecule has 0 radical (unpaired) electrons. The molecule has 0 bridgehead atoms. The second-order valence-electron chi connectivity index (χ2n) is 7.87. The van der Waals surface area contributed by atoms with Gasteiger partial charge >= 0.3 is 0 Å². The van der Waals surface area contributed by atoms with Crippen LogP contribution in [-0.2, 0) is 0 Å². The fourth-order valence-corrected chi connectivity index (χ4v) is 3.92. The summed E-state index contributed by atoms with van der Waals surface area (Å²) in [4.78, 5) is 4.65. The van der Waals surface area contributed by atoms with Crippen molar-refractivity contribution in [2.75, 3.05) is 38.1 Å². The van der Waals surface area contributed by atoms with E-state index in [1.54, 1.807) is 18.2 Å². The Morgan fingerprint density at radius 2 is 1.66 bits per heavy atom. The molecule has 0 aromatic heterocycles. The van der Waals surface area contributed by atoms with Crippen LogP contribution in [0.3, 0.4) is 0 Å². The van der Waals surface area contributed by atoms with Gasteiger partial charge in [0, 0.05) is 24.3 Å². The van der Waals surface area contributed by atoms with Crippen molar-refractivity contribution in [1.82, 2.24) is 4.90 Å². The van der Waals surface area contributed by atoms with Crippen molar-refractivity contribution in [3.63, 3.8) is 0 Å². The second kappa shape index (κ2) is 10.5. The zero-order valence-electron chi connectivity index (χ0n) is 17.6. The maximum absolute atomic E-state index is 14.1. The van der Waals surface area contributed by atoms with Crippen LogP contribution in [0.15, 0.2) is 48.5 Å². The van der Waals surface area contributed by atoms with E-state index >= 15 is 0 Å². The first-order valence-electron chi connectivity index (χ1n) is 10.8. The van der Waals surface area contributed by atoms with Crippen LogP contribution in [0.2, 0.25) is 0 Å². The minimum Gasteiger partial charge on any atom is -0.371 e. The van der Waals surface area contributed by atoms with Gasteiger partial charge in [-0.05, 0) is 80.9 Å². The van der Waals surface area contributed by atoms with Gasteiger partial charge in [-0.25, -0.2) is 8.78 Å². The summed E-state index contributed by atoms with van der Waals surface area (Å²) in [7, 11) is 2.16. The van der Waals surface area contributed by atoms with Gasteiger partial charge < -0.3 is 9.80 Å². The molecule has 29 heavy (non-hydrogen) atoms. The monoisotopic (exact) mass is 398 g/mol. The molecule has 0 aliphatic carbocycles. The minimum atomic E-state index is -0.242. The lowest BCUT2D eigenvalue weighted by Gasteiger charge is -2.26. The van der Waals surface area contributed by atoms with Crippen LogP contribution < -0.4 is 4.90 Å². The highest BCUT2D eigenvalue weighted by molar-refractivity contribution is 5.87. The first kappa shape index (κ1) is 21.5. The van der Waals surface area contributed by atoms with Crippen LogP contribution in [0.4, 0.5) is 14.5 Å². The number of hydrogen-bond acceptors (Lipinski definition) is 2. The molecule has 0 N–H and O–H groups in total. The summed E-state index contributed by atoms with van der Waals surface area (Å²) in [6.45, 7) is 6.24. The molecule has 1 aliphatic rings. The fourth-order valence-electron chi connectivity index (χ4n) is 3.92. The Labute approximate surface area is 173 Å². The molecule has 4 heteroatoms. The van der Waals surface area contributed by atoms with E-state index in [0.29, 0.717) is 0 Å². The summed E-state index contributed by atoms with van der Waals surface area (Å²) in [6.07, 6.45) is 7.85. The number of benzene rings is 2. The zero-order valence-corrected chi connectivity index (χ0v) is 17.6. The van der Waals surface area contributed by atoms with E-state index in [-0.39, 0.29) is 11.6 Å². The number of anilines is 1. The van der Waals surface area contributed by atoms with E-state index in [2.05, 4.69) is 29.8 Å². The molecular formula is C25H32F2N2. The average Bonchev–Trinajstić information content (AvgIpc) is 2.90. The van der Waals surface area contributed by atoms with Gasteiger partial charge in [-0.15, -0.1) is 0 Å². The topological polar surface area (TPSA) is 6.48 Å². The first-order chi connectivity index (χ1) is 14.1. The van der Waals surface area contributed by atoms with Gasteiger partial charge in [0.25, 0.3) is 0 Å². The van der Waals surface area contributed by atoms with E-state index in [1.807, 2.05) is 6.07 Å². The predicted molar refractivity (Wildman–Crippen MR) is 118 cm³/mol. The molecular weight excluding hydrogens is 366 g/mol. The molecule has 0 amide bonds. The largest absolute Gasteiger partial charge is 0.371 e. The van der Waals surface area contributed by atoms with Crippen molar-refractivity contribution in [1.29, 1.82) is 0 Å². The summed E-state index contributed by atoms with van der Waals surface area (Å²) >= 11 is 0. The average molecular weight is 399 g/mol. The third-order valence-electron chi connectivity index (χ3n) is 5.75. The Hall–Kier alpha value is -2.20. The van der Waals surface area contributed by atoms with Gasteiger partial charge in [0.05, 0.1) is 0 Å². The summed E-state index contributed by atoms with van der Waals surface area (Å²) in [6, 6.07) is 11.6. The van der Waals surface area contributed by atoms with Gasteiger partial charge in [0.15, 0.2) is 0 Å². The molecule has 1 aliphatic heterocycles. The summed E-state index contributed by atoms with van der Waals surface area (Å²) in [5, 5.41) is 0. The van der Waals surface area contributed by atoms with Gasteiger partial charge in [-0.2, -0.15) is 0 Å². The van der Waals surface area contributed by atoms with E-state index in [9.17, 15) is 8.78 Å². The highest BCUT2D eigenvalue weighted by Crippen LogP contribution is 2.35. The van der Waals surface area contributed by atoms with Crippen molar-refractivity contribution < 1.29 is 8.78 Å². The smallest absolute Gasteiger partial charge is 0.125 e. The molecule has 0 saturated heterocycles. The van der Waals surface area contributed by atoms with Gasteiger partial charge in [-0.1, -0.05) is 38.0 Å². The quantitative estimate of drug-likeness (QED) is 0.470. The zero-order chi connectivity index (χ0) is 20.6. The lowest BCUT2D eigenvalue weighted by atomic mass is 9.96. The number of nitrogens with zero attached hydrogens (tertiary/aromatic N) is 2. The Kier molecular flexibility index (Phi) is 7.82. The molecule has 0 unspecified atom stereocenters. The van der Waals surface area contributed by atoms with E-state index < -0.39 is 0 Å².